The maximum atomic E-state index is 7.42. The Bertz CT molecular complexity index is 229. The third-order valence-corrected chi connectivity index (χ3v) is 1.37. The molecule has 1 nitrogen and oxygen atoms in total. The van der Waals surface area contributed by atoms with Crippen molar-refractivity contribution in [2.24, 2.45) is 0 Å². The maximum absolute atomic E-state index is 7.42. The van der Waals surface area contributed by atoms with E-state index < -0.39 is 0 Å². The summed E-state index contributed by atoms with van der Waals surface area (Å²) in [6.45, 7) is 1.87. The molecular formula is C9H10AcN-. The Morgan fingerprint density at radius 1 is 1.27 bits per heavy atom. The van der Waals surface area contributed by atoms with Crippen LogP contribution in [0.2, 0.25) is 0 Å². The van der Waals surface area contributed by atoms with Crippen LogP contribution in [0, 0.1) is 44.1 Å². The van der Waals surface area contributed by atoms with Gasteiger partial charge in [0, 0.05) is 44.1 Å². The Kier molecular flexibility index (Phi) is 5.91. The fourth-order valence-electron chi connectivity index (χ4n) is 0.784. The van der Waals surface area contributed by atoms with E-state index in [9.17, 15) is 0 Å². The van der Waals surface area contributed by atoms with Gasteiger partial charge >= 0.3 is 0 Å². The third kappa shape index (κ3) is 3.40. The van der Waals surface area contributed by atoms with Crippen LogP contribution in [0.15, 0.2) is 36.4 Å². The normalized spacial score (nSPS) is 10.5. The number of hydrogen-bond donors (Lipinski definition) is 0. The van der Waals surface area contributed by atoms with Crippen molar-refractivity contribution >= 4 is 5.70 Å². The van der Waals surface area contributed by atoms with Gasteiger partial charge in [-0.2, -0.15) is 0 Å². The van der Waals surface area contributed by atoms with Crippen molar-refractivity contribution in [1.29, 1.82) is 0 Å². The zero-order chi connectivity index (χ0) is 7.40. The topological polar surface area (TPSA) is 23.8 Å². The van der Waals surface area contributed by atoms with Gasteiger partial charge in [-0.25, -0.2) is 0 Å². The fraction of sp³-hybridized carbons (Fsp3) is 0.111. The van der Waals surface area contributed by atoms with Crippen molar-refractivity contribution in [3.8, 4) is 0 Å². The van der Waals surface area contributed by atoms with Crippen LogP contribution in [0.4, 0.5) is 0 Å². The van der Waals surface area contributed by atoms with Gasteiger partial charge < -0.3 is 5.73 Å². The molecule has 0 saturated heterocycles. The van der Waals surface area contributed by atoms with E-state index in [4.69, 9.17) is 5.73 Å². The Hall–Kier alpha value is 0.202. The van der Waals surface area contributed by atoms with E-state index in [1.165, 1.54) is 0 Å². The van der Waals surface area contributed by atoms with Crippen molar-refractivity contribution < 1.29 is 44.1 Å². The van der Waals surface area contributed by atoms with Crippen LogP contribution < -0.4 is 0 Å². The van der Waals surface area contributed by atoms with Crippen LogP contribution >= 0.6 is 0 Å². The minimum absolute atomic E-state index is 0. The summed E-state index contributed by atoms with van der Waals surface area (Å²) in [5.41, 5.74) is 8.98. The first-order valence-electron chi connectivity index (χ1n) is 3.28. The third-order valence-electron chi connectivity index (χ3n) is 1.37. The second kappa shape index (κ2) is 5.80. The molecule has 11 heavy (non-hydrogen) atoms. The van der Waals surface area contributed by atoms with Gasteiger partial charge in [-0.1, -0.05) is 30.3 Å². The molecule has 0 spiro atoms. The van der Waals surface area contributed by atoms with Gasteiger partial charge in [0.25, 0.3) is 0 Å². The van der Waals surface area contributed by atoms with E-state index in [1.54, 1.807) is 6.08 Å². The van der Waals surface area contributed by atoms with Gasteiger partial charge in [-0.15, -0.1) is 11.8 Å². The van der Waals surface area contributed by atoms with Crippen molar-refractivity contribution in [2.45, 2.75) is 6.92 Å². The van der Waals surface area contributed by atoms with E-state index in [-0.39, 0.29) is 44.1 Å². The fourth-order valence-corrected chi connectivity index (χ4v) is 0.784. The first-order chi connectivity index (χ1) is 4.84. The molecule has 0 heterocycles. The van der Waals surface area contributed by atoms with Gasteiger partial charge in [-0.3, -0.25) is 0 Å². The second-order valence-corrected chi connectivity index (χ2v) is 2.07. The minimum Gasteiger partial charge on any atom is -0.699 e. The second-order valence-electron chi connectivity index (χ2n) is 2.07. The summed E-state index contributed by atoms with van der Waals surface area (Å²) < 4.78 is 0. The largest absolute Gasteiger partial charge is 0.699 e. The molecule has 1 radical (unpaired) electrons. The van der Waals surface area contributed by atoms with Crippen molar-refractivity contribution in [1.82, 2.24) is 0 Å². The molecule has 1 aromatic carbocycles. The summed E-state index contributed by atoms with van der Waals surface area (Å²) in [6, 6.07) is 9.69. The molecule has 0 aliphatic heterocycles. The Balaban J connectivity index is 0.000001000. The smallest absolute Gasteiger partial charge is 0 e. The first kappa shape index (κ1) is 11.2. The number of nitrogens with one attached hydrogen (secondary N) is 1. The molecule has 0 fully saturated rings. The Morgan fingerprint density at radius 3 is 2.27 bits per heavy atom. The van der Waals surface area contributed by atoms with Crippen LogP contribution in [-0.4, -0.2) is 0 Å². The average Bonchev–Trinajstić information content (AvgIpc) is 2.05. The van der Waals surface area contributed by atoms with Crippen LogP contribution in [0.1, 0.15) is 12.5 Å². The van der Waals surface area contributed by atoms with E-state index in [0.717, 1.165) is 5.56 Å². The van der Waals surface area contributed by atoms with Crippen LogP contribution in [0.25, 0.3) is 11.4 Å². The van der Waals surface area contributed by atoms with Gasteiger partial charge in [0.15, 0.2) is 0 Å². The van der Waals surface area contributed by atoms with Gasteiger partial charge in [-0.05, 0) is 12.5 Å². The number of hydrogen-bond acceptors (Lipinski definition) is 0. The molecule has 0 aromatic heterocycles. The summed E-state index contributed by atoms with van der Waals surface area (Å²) in [4.78, 5) is 0. The standard InChI is InChI=1S/C9H10N.Ac/c1-2-9(10)8-6-4-3-5-7-8;/h2-7,10H,1H3;/q-1;/b9-2-;. The van der Waals surface area contributed by atoms with Crippen LogP contribution in [0.5, 0.6) is 0 Å². The SMILES string of the molecule is C/C=C(\[NH-])c1ccccc1.[Ac]. The molecule has 0 aliphatic rings. The Labute approximate surface area is 103 Å². The molecule has 0 unspecified atom stereocenters. The Morgan fingerprint density at radius 2 is 1.82 bits per heavy atom. The van der Waals surface area contributed by atoms with Crippen LogP contribution in [-0.2, 0) is 0 Å². The van der Waals surface area contributed by atoms with Gasteiger partial charge in [0.2, 0.25) is 0 Å². The predicted octanol–water partition coefficient (Wildman–Crippen LogP) is 3.10. The molecular weight excluding hydrogens is 349 g/mol. The molecule has 0 amide bonds. The van der Waals surface area contributed by atoms with E-state index in [1.807, 2.05) is 37.3 Å². The van der Waals surface area contributed by atoms with Gasteiger partial charge in [0.05, 0.1) is 0 Å². The van der Waals surface area contributed by atoms with E-state index in [2.05, 4.69) is 0 Å². The van der Waals surface area contributed by atoms with E-state index in [0.29, 0.717) is 5.70 Å². The first-order valence-corrected chi connectivity index (χ1v) is 3.28. The molecule has 0 saturated carbocycles. The molecule has 1 aromatic rings. The zero-order valence-electron chi connectivity index (χ0n) is 6.54. The number of rotatable bonds is 1. The summed E-state index contributed by atoms with van der Waals surface area (Å²) in [6.07, 6.45) is 1.79. The van der Waals surface area contributed by atoms with Gasteiger partial charge in [0.1, 0.15) is 0 Å². The molecule has 0 aliphatic carbocycles. The number of allylic oxidation sites excluding steroid dienone is 1. The summed E-state index contributed by atoms with van der Waals surface area (Å²) in [5.74, 6) is 0. The molecule has 55 valence electrons. The summed E-state index contributed by atoms with van der Waals surface area (Å²) >= 11 is 0. The molecule has 1 N–H and O–H groups in total. The van der Waals surface area contributed by atoms with Crippen LogP contribution in [0.3, 0.4) is 0 Å². The minimum atomic E-state index is 0. The summed E-state index contributed by atoms with van der Waals surface area (Å²) in [7, 11) is 0. The van der Waals surface area contributed by atoms with Crippen molar-refractivity contribution in [3.63, 3.8) is 0 Å². The van der Waals surface area contributed by atoms with Crippen molar-refractivity contribution in [3.05, 3.63) is 47.7 Å². The zero-order valence-corrected chi connectivity index (χ0v) is 11.3. The summed E-state index contributed by atoms with van der Waals surface area (Å²) in [5, 5.41) is 0. The molecule has 0 atom stereocenters. The maximum Gasteiger partial charge on any atom is 0 e. The predicted molar refractivity (Wildman–Crippen MR) is 44.4 cm³/mol. The molecule has 2 heteroatoms. The van der Waals surface area contributed by atoms with Crippen molar-refractivity contribution in [2.75, 3.05) is 0 Å². The molecule has 0 bridgehead atoms. The molecule has 1 rings (SSSR count). The van der Waals surface area contributed by atoms with E-state index >= 15 is 0 Å². The average molecular weight is 359 g/mol. The quantitative estimate of drug-likeness (QED) is 0.736. The monoisotopic (exact) mass is 359 g/mol. The number of benzene rings is 1.